The largest absolute Gasteiger partial charge is 0.457 e. The smallest absolute Gasteiger partial charge is 0.224 e. The molecule has 6 rings (SSSR count). The lowest BCUT2D eigenvalue weighted by Gasteiger charge is -2.49. The van der Waals surface area contributed by atoms with Crippen LogP contribution in [0.2, 0.25) is 0 Å². The van der Waals surface area contributed by atoms with Crippen LogP contribution in [0.15, 0.2) is 72.9 Å². The van der Waals surface area contributed by atoms with Crippen LogP contribution in [0.5, 0.6) is 11.5 Å². The first-order valence-electron chi connectivity index (χ1n) is 14.1. The van der Waals surface area contributed by atoms with Crippen LogP contribution in [0, 0.1) is 17.5 Å². The van der Waals surface area contributed by atoms with Gasteiger partial charge in [-0.15, -0.1) is 5.10 Å². The number of carbonyl (C=O) groups excluding carboxylic acids is 1. The Hall–Kier alpha value is -4.34. The van der Waals surface area contributed by atoms with Crippen LogP contribution < -0.4 is 10.1 Å². The van der Waals surface area contributed by atoms with E-state index < -0.39 is 66.1 Å². The second kappa shape index (κ2) is 12.6. The Bertz CT molecular complexity index is 1650. The van der Waals surface area contributed by atoms with Gasteiger partial charge in [0.25, 0.3) is 0 Å². The summed E-state index contributed by atoms with van der Waals surface area (Å²) in [5.74, 6) is -5.64. The molecule has 14 heteroatoms. The Kier molecular flexibility index (Phi) is 8.57. The summed E-state index contributed by atoms with van der Waals surface area (Å²) < 4.78 is 59.9. The van der Waals surface area contributed by atoms with Crippen LogP contribution in [0.25, 0.3) is 11.3 Å². The van der Waals surface area contributed by atoms with Crippen molar-refractivity contribution in [2.75, 3.05) is 13.2 Å². The van der Waals surface area contributed by atoms with Gasteiger partial charge < -0.3 is 34.8 Å². The van der Waals surface area contributed by atoms with Gasteiger partial charge in [0.1, 0.15) is 41.5 Å². The lowest BCUT2D eigenvalue weighted by Crippen LogP contribution is -2.69. The Morgan fingerprint density at radius 2 is 1.78 bits per heavy atom. The van der Waals surface area contributed by atoms with Crippen LogP contribution in [0.4, 0.5) is 13.2 Å². The van der Waals surface area contributed by atoms with E-state index in [0.29, 0.717) is 17.1 Å². The van der Waals surface area contributed by atoms with E-state index in [4.69, 9.17) is 14.2 Å². The van der Waals surface area contributed by atoms with Crippen LogP contribution in [-0.4, -0.2) is 79.6 Å². The summed E-state index contributed by atoms with van der Waals surface area (Å²) in [5.41, 5.74) is 0.441. The summed E-state index contributed by atoms with van der Waals surface area (Å²) in [6, 6.07) is 15.4. The minimum absolute atomic E-state index is 0.0403. The van der Waals surface area contributed by atoms with Gasteiger partial charge in [-0.1, -0.05) is 35.5 Å². The van der Waals surface area contributed by atoms with E-state index >= 15 is 0 Å². The molecule has 236 valence electrons. The monoisotopic (exact) mass is 626 g/mol. The van der Waals surface area contributed by atoms with Gasteiger partial charge in [0.05, 0.1) is 31.9 Å². The lowest BCUT2D eigenvalue weighted by molar-refractivity contribution is -0.345. The van der Waals surface area contributed by atoms with Crippen molar-refractivity contribution in [3.8, 4) is 22.8 Å². The summed E-state index contributed by atoms with van der Waals surface area (Å²) in [6.07, 6.45) is -3.10. The first-order valence-corrected chi connectivity index (χ1v) is 14.1. The molecule has 6 atom stereocenters. The average molecular weight is 627 g/mol. The molecule has 3 heterocycles. The van der Waals surface area contributed by atoms with Gasteiger partial charge in [-0.3, -0.25) is 4.79 Å². The molecule has 2 fully saturated rings. The average Bonchev–Trinajstić information content (AvgIpc) is 3.66. The van der Waals surface area contributed by atoms with Crippen molar-refractivity contribution in [3.05, 3.63) is 95.9 Å². The molecule has 1 spiro atoms. The van der Waals surface area contributed by atoms with Crippen molar-refractivity contribution in [3.63, 3.8) is 0 Å². The van der Waals surface area contributed by atoms with Crippen molar-refractivity contribution >= 4 is 5.91 Å². The van der Waals surface area contributed by atoms with E-state index in [1.807, 2.05) is 18.2 Å². The Labute approximate surface area is 254 Å². The van der Waals surface area contributed by atoms with Crippen molar-refractivity contribution in [2.45, 2.75) is 49.0 Å². The number of nitrogens with one attached hydrogen (secondary N) is 1. The molecule has 0 saturated carbocycles. The molecular formula is C31H29F3N4O7. The number of ether oxygens (including phenoxy) is 3. The molecule has 4 aromatic rings. The number of aliphatic hydroxyl groups is 3. The third-order valence-corrected chi connectivity index (χ3v) is 7.87. The molecular weight excluding hydrogens is 597 g/mol. The first kappa shape index (κ1) is 30.7. The number of aromatic nitrogens is 3. The van der Waals surface area contributed by atoms with Gasteiger partial charge in [-0.2, -0.15) is 0 Å². The summed E-state index contributed by atoms with van der Waals surface area (Å²) >= 11 is 0. The zero-order valence-corrected chi connectivity index (χ0v) is 23.6. The summed E-state index contributed by atoms with van der Waals surface area (Å²) in [6.45, 7) is -0.611. The molecule has 0 aliphatic carbocycles. The second-order valence-corrected chi connectivity index (χ2v) is 10.8. The molecule has 3 aromatic carbocycles. The molecule has 11 nitrogen and oxygen atoms in total. The maximum absolute atomic E-state index is 13.9. The number of benzene rings is 3. The number of aliphatic hydroxyl groups excluding tert-OH is 3. The number of para-hydroxylation sites is 1. The fourth-order valence-corrected chi connectivity index (χ4v) is 5.72. The van der Waals surface area contributed by atoms with Crippen LogP contribution in [0.1, 0.15) is 18.0 Å². The highest BCUT2D eigenvalue weighted by atomic mass is 19.2. The number of hydrogen-bond donors (Lipinski definition) is 4. The molecule has 0 unspecified atom stereocenters. The van der Waals surface area contributed by atoms with Crippen molar-refractivity contribution in [1.29, 1.82) is 0 Å². The molecule has 2 saturated heterocycles. The normalized spacial score (nSPS) is 26.2. The molecule has 1 aromatic heterocycles. The minimum atomic E-state index is -1.90. The number of rotatable bonds is 8. The molecule has 4 N–H and O–H groups in total. The van der Waals surface area contributed by atoms with E-state index in [1.165, 1.54) is 6.20 Å². The van der Waals surface area contributed by atoms with Crippen LogP contribution in [-0.2, 0) is 20.7 Å². The fourth-order valence-electron chi connectivity index (χ4n) is 5.72. The molecule has 2 aliphatic rings. The summed E-state index contributed by atoms with van der Waals surface area (Å²) in [7, 11) is 0. The molecule has 45 heavy (non-hydrogen) atoms. The zero-order chi connectivity index (χ0) is 31.7. The predicted octanol–water partition coefficient (Wildman–Crippen LogP) is 2.65. The van der Waals surface area contributed by atoms with Gasteiger partial charge in [0, 0.05) is 5.56 Å². The van der Waals surface area contributed by atoms with Gasteiger partial charge in [0.15, 0.2) is 17.5 Å². The highest BCUT2D eigenvalue weighted by molar-refractivity contribution is 5.79. The van der Waals surface area contributed by atoms with E-state index in [1.54, 1.807) is 36.4 Å². The van der Waals surface area contributed by atoms with E-state index in [9.17, 15) is 33.3 Å². The van der Waals surface area contributed by atoms with Crippen LogP contribution >= 0.6 is 0 Å². The Morgan fingerprint density at radius 3 is 2.51 bits per heavy atom. The summed E-state index contributed by atoms with van der Waals surface area (Å²) in [4.78, 5) is 13.2. The maximum Gasteiger partial charge on any atom is 0.224 e. The second-order valence-electron chi connectivity index (χ2n) is 10.8. The van der Waals surface area contributed by atoms with E-state index in [-0.39, 0.29) is 30.7 Å². The van der Waals surface area contributed by atoms with Crippen molar-refractivity contribution < 1.29 is 47.5 Å². The topological polar surface area (TPSA) is 148 Å². The fraction of sp³-hybridized carbons (Fsp3) is 0.323. The number of carbonyl (C=O) groups is 1. The van der Waals surface area contributed by atoms with Gasteiger partial charge >= 0.3 is 0 Å². The third kappa shape index (κ3) is 6.02. The van der Waals surface area contributed by atoms with E-state index in [0.717, 1.165) is 16.8 Å². The molecule has 1 amide bonds. The van der Waals surface area contributed by atoms with Crippen molar-refractivity contribution in [1.82, 2.24) is 20.3 Å². The van der Waals surface area contributed by atoms with Crippen LogP contribution in [0.3, 0.4) is 0 Å². The minimum Gasteiger partial charge on any atom is -0.457 e. The van der Waals surface area contributed by atoms with Gasteiger partial charge in [0.2, 0.25) is 11.7 Å². The molecule has 2 aliphatic heterocycles. The zero-order valence-electron chi connectivity index (χ0n) is 23.6. The van der Waals surface area contributed by atoms with E-state index in [2.05, 4.69) is 15.6 Å². The van der Waals surface area contributed by atoms with Crippen molar-refractivity contribution in [2.24, 2.45) is 0 Å². The number of amides is 1. The Morgan fingerprint density at radius 1 is 1.04 bits per heavy atom. The third-order valence-electron chi connectivity index (χ3n) is 7.87. The Balaban J connectivity index is 1.21. The lowest BCUT2D eigenvalue weighted by atomic mass is 9.86. The van der Waals surface area contributed by atoms with Gasteiger partial charge in [-0.05, 0) is 48.4 Å². The molecule has 0 bridgehead atoms. The standard InChI is InChI=1S/C31H29F3N4O7/c32-21-13-18(14-22(33)27(21)34)23-15-38(37-36-23)28-29(41)24(16-39)45-31(30(28)42)25(9-10-43-31)35-26(40)12-17-5-4-8-20(11-17)44-19-6-2-1-3-7-19/h1-8,11,13-15,24-25,28-30,39,41-42H,9-10,12,16H2,(H,35,40)/t24-,25-,28+,29+,30-,31+/m1/s1. The predicted molar refractivity (Wildman–Crippen MR) is 150 cm³/mol. The first-order chi connectivity index (χ1) is 21.7. The number of hydrogen-bond acceptors (Lipinski definition) is 9. The number of nitrogens with zero attached hydrogens (tertiary/aromatic N) is 3. The highest BCUT2D eigenvalue weighted by Gasteiger charge is 2.62. The van der Waals surface area contributed by atoms with Gasteiger partial charge in [-0.25, -0.2) is 17.9 Å². The maximum atomic E-state index is 13.9. The number of halogens is 3. The molecule has 0 radical (unpaired) electrons. The summed E-state index contributed by atoms with van der Waals surface area (Å²) in [5, 5.41) is 43.3. The quantitative estimate of drug-likeness (QED) is 0.217. The highest BCUT2D eigenvalue weighted by Crippen LogP contribution is 2.43. The SMILES string of the molecule is O=C(Cc1cccc(Oc2ccccc2)c1)N[C@@H]1CCO[C@]12O[C@H](CO)[C@H](O)[C@H](n1cc(-c3cc(F)c(F)c(F)c3)nn1)[C@H]2O.